The number of likely N-dealkylation sites (tertiary alicyclic amines) is 1. The molecule has 5 rings (SSSR count). The van der Waals surface area contributed by atoms with Crippen LogP contribution in [0.4, 0.5) is 0 Å². The molecule has 0 amide bonds. The van der Waals surface area contributed by atoms with Gasteiger partial charge in [0.15, 0.2) is 5.65 Å². The lowest BCUT2D eigenvalue weighted by Crippen LogP contribution is -2.44. The van der Waals surface area contributed by atoms with Crippen LogP contribution in [0.25, 0.3) is 28.0 Å². The minimum absolute atomic E-state index is 0.428. The van der Waals surface area contributed by atoms with E-state index in [0.717, 1.165) is 42.0 Å². The number of aromatic nitrogens is 3. The number of carboxylic acids is 1. The predicted molar refractivity (Wildman–Crippen MR) is 124 cm³/mol. The summed E-state index contributed by atoms with van der Waals surface area (Å²) in [6, 6.07) is 20.1. The lowest BCUT2D eigenvalue weighted by Gasteiger charge is -2.32. The Labute approximate surface area is 187 Å². The molecule has 3 heterocycles. The summed E-state index contributed by atoms with van der Waals surface area (Å²) in [6.07, 6.45) is 4.65. The highest BCUT2D eigenvalue weighted by molar-refractivity contribution is 5.77. The van der Waals surface area contributed by atoms with Gasteiger partial charge >= 0.3 is 5.97 Å². The Bertz CT molecular complexity index is 1270. The van der Waals surface area contributed by atoms with E-state index in [0.29, 0.717) is 13.0 Å². The van der Waals surface area contributed by atoms with Crippen molar-refractivity contribution in [2.75, 3.05) is 6.54 Å². The summed E-state index contributed by atoms with van der Waals surface area (Å²) >= 11 is 0. The topological polar surface area (TPSA) is 70.7 Å². The van der Waals surface area contributed by atoms with Crippen LogP contribution in [-0.2, 0) is 11.3 Å². The number of nitrogens with zero attached hydrogens (tertiary/aromatic N) is 4. The molecule has 0 spiro atoms. The maximum Gasteiger partial charge on any atom is 0.320 e. The van der Waals surface area contributed by atoms with E-state index in [2.05, 4.69) is 49.4 Å². The van der Waals surface area contributed by atoms with Crippen molar-refractivity contribution in [3.63, 3.8) is 0 Å². The van der Waals surface area contributed by atoms with E-state index >= 15 is 0 Å². The fourth-order valence-electron chi connectivity index (χ4n) is 4.65. The molecule has 1 saturated heterocycles. The van der Waals surface area contributed by atoms with Crippen LogP contribution >= 0.6 is 0 Å². The molecular weight excluding hydrogens is 400 g/mol. The fraction of sp³-hybridized carbons (Fsp3) is 0.269. The van der Waals surface area contributed by atoms with Gasteiger partial charge in [0.05, 0.1) is 17.6 Å². The Morgan fingerprint density at radius 1 is 1.03 bits per heavy atom. The van der Waals surface area contributed by atoms with Gasteiger partial charge in [0.2, 0.25) is 0 Å². The summed E-state index contributed by atoms with van der Waals surface area (Å²) in [5.41, 5.74) is 7.15. The maximum atomic E-state index is 11.6. The molecule has 6 nitrogen and oxygen atoms in total. The van der Waals surface area contributed by atoms with Crippen molar-refractivity contribution in [2.24, 2.45) is 0 Å². The van der Waals surface area contributed by atoms with Gasteiger partial charge in [0.1, 0.15) is 6.04 Å². The maximum absolute atomic E-state index is 11.6. The molecule has 162 valence electrons. The molecule has 1 unspecified atom stereocenters. The zero-order valence-electron chi connectivity index (χ0n) is 18.1. The Morgan fingerprint density at radius 3 is 2.66 bits per heavy atom. The van der Waals surface area contributed by atoms with E-state index in [4.69, 9.17) is 10.1 Å². The van der Waals surface area contributed by atoms with Gasteiger partial charge in [-0.2, -0.15) is 5.10 Å². The van der Waals surface area contributed by atoms with Crippen LogP contribution in [-0.4, -0.2) is 43.2 Å². The molecule has 0 saturated carbocycles. The average molecular weight is 427 g/mol. The molecule has 2 aromatic carbocycles. The summed E-state index contributed by atoms with van der Waals surface area (Å²) in [5, 5.41) is 14.3. The standard InChI is InChI=1S/C26H26N4O2/c1-18-21(19-8-3-2-4-9-19)10-7-11-22(18)23-17-30-25(27-23)14-13-20(28-30)16-29-15-6-5-12-24(29)26(31)32/h2-4,7-11,13-14,17,24H,5-6,12,15-16H2,1H3,(H,31,32). The second kappa shape index (κ2) is 8.55. The SMILES string of the molecule is Cc1c(-c2ccccc2)cccc1-c1cn2nc(CN3CCCCC3C(=O)O)ccc2n1. The summed E-state index contributed by atoms with van der Waals surface area (Å²) in [7, 11) is 0. The van der Waals surface area contributed by atoms with Gasteiger partial charge in [-0.25, -0.2) is 9.50 Å². The molecule has 0 radical (unpaired) electrons. The Morgan fingerprint density at radius 2 is 1.84 bits per heavy atom. The number of rotatable bonds is 5. The molecule has 6 heteroatoms. The van der Waals surface area contributed by atoms with E-state index in [9.17, 15) is 9.90 Å². The van der Waals surface area contributed by atoms with Crippen LogP contribution in [0.15, 0.2) is 66.9 Å². The van der Waals surface area contributed by atoms with Gasteiger partial charge in [0, 0.05) is 12.1 Å². The third kappa shape index (κ3) is 3.89. The van der Waals surface area contributed by atoms with Crippen molar-refractivity contribution < 1.29 is 9.90 Å². The minimum Gasteiger partial charge on any atom is -0.480 e. The van der Waals surface area contributed by atoms with Gasteiger partial charge in [-0.15, -0.1) is 0 Å². The summed E-state index contributed by atoms with van der Waals surface area (Å²) < 4.78 is 1.80. The molecule has 1 aliphatic heterocycles. The average Bonchev–Trinajstić information content (AvgIpc) is 3.23. The molecule has 0 bridgehead atoms. The number of piperidine rings is 1. The number of aliphatic carboxylic acids is 1. The molecule has 2 aromatic heterocycles. The summed E-state index contributed by atoms with van der Waals surface area (Å²) in [6.45, 7) is 3.45. The molecule has 32 heavy (non-hydrogen) atoms. The van der Waals surface area contributed by atoms with Crippen LogP contribution < -0.4 is 0 Å². The number of carbonyl (C=O) groups is 1. The molecule has 0 aliphatic carbocycles. The van der Waals surface area contributed by atoms with Crippen molar-refractivity contribution >= 4 is 11.6 Å². The van der Waals surface area contributed by atoms with E-state index in [1.807, 2.05) is 29.3 Å². The van der Waals surface area contributed by atoms with Crippen molar-refractivity contribution in [3.8, 4) is 22.4 Å². The zero-order chi connectivity index (χ0) is 22.1. The van der Waals surface area contributed by atoms with Crippen LogP contribution in [0, 0.1) is 6.92 Å². The molecule has 1 N–H and O–H groups in total. The third-order valence-corrected chi connectivity index (χ3v) is 6.33. The smallest absolute Gasteiger partial charge is 0.320 e. The Balaban J connectivity index is 1.46. The van der Waals surface area contributed by atoms with E-state index in [1.165, 1.54) is 16.7 Å². The summed E-state index contributed by atoms with van der Waals surface area (Å²) in [4.78, 5) is 18.4. The van der Waals surface area contributed by atoms with E-state index in [1.54, 1.807) is 4.52 Å². The van der Waals surface area contributed by atoms with Crippen molar-refractivity contribution in [1.29, 1.82) is 0 Å². The quantitative estimate of drug-likeness (QED) is 0.496. The molecule has 1 fully saturated rings. The van der Waals surface area contributed by atoms with Crippen molar-refractivity contribution in [2.45, 2.75) is 38.8 Å². The Kier molecular flexibility index (Phi) is 5.45. The highest BCUT2D eigenvalue weighted by Gasteiger charge is 2.28. The molecule has 4 aromatic rings. The number of benzene rings is 2. The lowest BCUT2D eigenvalue weighted by molar-refractivity contribution is -0.144. The van der Waals surface area contributed by atoms with Crippen molar-refractivity contribution in [3.05, 3.63) is 78.1 Å². The first-order chi connectivity index (χ1) is 15.6. The van der Waals surface area contributed by atoms with E-state index < -0.39 is 12.0 Å². The van der Waals surface area contributed by atoms with Gasteiger partial charge in [0.25, 0.3) is 0 Å². The van der Waals surface area contributed by atoms with Crippen LogP contribution in [0.2, 0.25) is 0 Å². The monoisotopic (exact) mass is 426 g/mol. The molecule has 1 aliphatic rings. The zero-order valence-corrected chi connectivity index (χ0v) is 18.1. The number of carboxylic acid groups (broad SMARTS) is 1. The highest BCUT2D eigenvalue weighted by Crippen LogP contribution is 2.31. The van der Waals surface area contributed by atoms with Gasteiger partial charge in [-0.3, -0.25) is 9.69 Å². The predicted octanol–water partition coefficient (Wildman–Crippen LogP) is 4.81. The fourth-order valence-corrected chi connectivity index (χ4v) is 4.65. The lowest BCUT2D eigenvalue weighted by atomic mass is 9.95. The van der Waals surface area contributed by atoms with Crippen LogP contribution in [0.1, 0.15) is 30.5 Å². The minimum atomic E-state index is -0.746. The summed E-state index contributed by atoms with van der Waals surface area (Å²) in [5.74, 6) is -0.746. The number of imidazole rings is 1. The first-order valence-corrected chi connectivity index (χ1v) is 11.1. The Hall–Kier alpha value is -3.51. The van der Waals surface area contributed by atoms with Gasteiger partial charge < -0.3 is 5.11 Å². The van der Waals surface area contributed by atoms with E-state index in [-0.39, 0.29) is 0 Å². The first-order valence-electron chi connectivity index (χ1n) is 11.1. The number of hydrogen-bond donors (Lipinski definition) is 1. The largest absolute Gasteiger partial charge is 0.480 e. The second-order valence-corrected chi connectivity index (χ2v) is 8.42. The molecule has 1 atom stereocenters. The van der Waals surface area contributed by atoms with Crippen LogP contribution in [0.5, 0.6) is 0 Å². The highest BCUT2D eigenvalue weighted by atomic mass is 16.4. The first kappa shape index (κ1) is 20.4. The van der Waals surface area contributed by atoms with Gasteiger partial charge in [-0.1, -0.05) is 55.0 Å². The second-order valence-electron chi connectivity index (χ2n) is 8.42. The normalized spacial score (nSPS) is 17.0. The molecular formula is C26H26N4O2. The number of fused-ring (bicyclic) bond motifs is 1. The third-order valence-electron chi connectivity index (χ3n) is 6.33. The number of hydrogen-bond acceptors (Lipinski definition) is 4. The van der Waals surface area contributed by atoms with Crippen molar-refractivity contribution in [1.82, 2.24) is 19.5 Å². The van der Waals surface area contributed by atoms with Gasteiger partial charge in [-0.05, 0) is 55.1 Å². The van der Waals surface area contributed by atoms with Crippen LogP contribution in [0.3, 0.4) is 0 Å².